The maximum absolute atomic E-state index is 14.1. The lowest BCUT2D eigenvalue weighted by Gasteiger charge is -2.32. The maximum Gasteiger partial charge on any atom is 0.412 e. The predicted octanol–water partition coefficient (Wildman–Crippen LogP) is 2.99. The quantitative estimate of drug-likeness (QED) is 0.229. The second-order valence-electron chi connectivity index (χ2n) is 11.7. The van der Waals surface area contributed by atoms with Gasteiger partial charge in [-0.3, -0.25) is 29.5 Å². The molecule has 2 heterocycles. The van der Waals surface area contributed by atoms with Crippen molar-refractivity contribution in [2.24, 2.45) is 11.8 Å². The zero-order valence-electron chi connectivity index (χ0n) is 26.7. The van der Waals surface area contributed by atoms with Crippen LogP contribution in [0.25, 0.3) is 0 Å². The van der Waals surface area contributed by atoms with Crippen LogP contribution in [0.3, 0.4) is 0 Å². The predicted molar refractivity (Wildman–Crippen MR) is 174 cm³/mol. The molecule has 1 aliphatic rings. The van der Waals surface area contributed by atoms with Gasteiger partial charge in [0.2, 0.25) is 17.7 Å². The van der Waals surface area contributed by atoms with Crippen molar-refractivity contribution < 1.29 is 33.5 Å². The van der Waals surface area contributed by atoms with Crippen LogP contribution < -0.4 is 21.3 Å². The first-order valence-electron chi connectivity index (χ1n) is 15.1. The third-order valence-electron chi connectivity index (χ3n) is 7.51. The van der Waals surface area contributed by atoms with Crippen LogP contribution >= 0.6 is 23.2 Å². The number of aldehydes is 1. The third-order valence-corrected chi connectivity index (χ3v) is 8.14. The van der Waals surface area contributed by atoms with E-state index in [9.17, 15) is 28.8 Å². The summed E-state index contributed by atoms with van der Waals surface area (Å²) in [6.07, 6.45) is 2.99. The Bertz CT molecular complexity index is 1440. The van der Waals surface area contributed by atoms with Crippen LogP contribution in [0.1, 0.15) is 57.9 Å². The van der Waals surface area contributed by atoms with Crippen LogP contribution in [0.15, 0.2) is 36.8 Å². The Hall–Kier alpha value is -4.30. The monoisotopic (exact) mass is 691 g/mol. The van der Waals surface area contributed by atoms with Gasteiger partial charge < -0.3 is 30.4 Å². The fraction of sp³-hybridized carbons (Fsp3) is 0.484. The molecule has 0 bridgehead atoms. The second kappa shape index (κ2) is 17.0. The van der Waals surface area contributed by atoms with Crippen LogP contribution in [0.4, 0.5) is 10.5 Å². The van der Waals surface area contributed by atoms with E-state index in [2.05, 4.69) is 31.2 Å². The van der Waals surface area contributed by atoms with Gasteiger partial charge in [-0.15, -0.1) is 0 Å². The van der Waals surface area contributed by atoms with Crippen LogP contribution in [-0.4, -0.2) is 87.7 Å². The number of nitrogens with one attached hydrogen (secondary N) is 4. The Morgan fingerprint density at radius 2 is 1.66 bits per heavy atom. The second-order valence-corrected chi connectivity index (χ2v) is 12.5. The molecule has 0 saturated carbocycles. The molecule has 0 radical (unpaired) electrons. The van der Waals surface area contributed by atoms with E-state index in [4.69, 9.17) is 27.9 Å². The third kappa shape index (κ3) is 9.85. The molecular weight excluding hydrogens is 653 g/mol. The SMILES string of the molecule is CC[C@@H](C=O)NC(=O)[C@@H]1C[C@@H](OC(=O)Nc2c(Cl)cccc2Cl)CN1C(=O)[C@@H](NC(=O)[C@@H](NC(=O)c1cnccn1)C(C)C)C(C)C. The fourth-order valence-electron chi connectivity index (χ4n) is 4.89. The minimum Gasteiger partial charge on any atom is -0.444 e. The molecule has 47 heavy (non-hydrogen) atoms. The minimum atomic E-state index is -1.13. The van der Waals surface area contributed by atoms with Crippen molar-refractivity contribution in [2.45, 2.75) is 77.7 Å². The van der Waals surface area contributed by atoms with Crippen LogP contribution in [0.5, 0.6) is 0 Å². The van der Waals surface area contributed by atoms with Gasteiger partial charge in [0.25, 0.3) is 5.91 Å². The van der Waals surface area contributed by atoms with E-state index in [1.165, 1.54) is 35.6 Å². The molecule has 1 aromatic carbocycles. The molecule has 1 fully saturated rings. The summed E-state index contributed by atoms with van der Waals surface area (Å²) in [6.45, 7) is 8.41. The van der Waals surface area contributed by atoms with E-state index in [0.29, 0.717) is 12.7 Å². The number of hydrogen-bond acceptors (Lipinski definition) is 9. The summed E-state index contributed by atoms with van der Waals surface area (Å²) in [7, 11) is 0. The van der Waals surface area contributed by atoms with Gasteiger partial charge >= 0.3 is 6.09 Å². The van der Waals surface area contributed by atoms with Crippen molar-refractivity contribution in [3.05, 3.63) is 52.5 Å². The van der Waals surface area contributed by atoms with Gasteiger partial charge in [-0.05, 0) is 30.4 Å². The van der Waals surface area contributed by atoms with E-state index in [0.717, 1.165) is 0 Å². The van der Waals surface area contributed by atoms with Crippen molar-refractivity contribution >= 4 is 64.9 Å². The first kappa shape index (κ1) is 37.2. The Balaban J connectivity index is 1.82. The summed E-state index contributed by atoms with van der Waals surface area (Å²) in [5.74, 6) is -3.31. The summed E-state index contributed by atoms with van der Waals surface area (Å²) in [6, 6.07) is 0.571. The number of likely N-dealkylation sites (tertiary alicyclic amines) is 1. The van der Waals surface area contributed by atoms with Crippen molar-refractivity contribution in [2.75, 3.05) is 11.9 Å². The fourth-order valence-corrected chi connectivity index (χ4v) is 5.38. The standard InChI is InChI=1S/C31H39Cl2N7O7/c1-6-18(15-41)36-28(43)23-12-19(47-31(46)39-26-20(32)8-7-9-21(26)33)14-40(23)30(45)25(17(4)5)38-29(44)24(16(2)3)37-27(42)22-13-34-10-11-35-22/h7-11,13,15-19,23-25H,6,12,14H2,1-5H3,(H,36,43)(H,37,42)(H,38,44)(H,39,46)/t18-,19+,23-,24-,25-/m0/s1. The van der Waals surface area contributed by atoms with Crippen LogP contribution in [0, 0.1) is 11.8 Å². The molecule has 4 N–H and O–H groups in total. The highest BCUT2D eigenvalue weighted by Crippen LogP contribution is 2.30. The summed E-state index contributed by atoms with van der Waals surface area (Å²) in [5, 5.41) is 10.8. The number of ether oxygens (including phenoxy) is 1. The lowest BCUT2D eigenvalue weighted by molar-refractivity contribution is -0.143. The number of carbonyl (C=O) groups is 6. The molecular formula is C31H39Cl2N7O7. The molecule has 5 amide bonds. The molecule has 1 aromatic heterocycles. The van der Waals surface area contributed by atoms with E-state index in [1.807, 2.05) is 0 Å². The van der Waals surface area contributed by atoms with Gasteiger partial charge in [0, 0.05) is 18.8 Å². The number of halogens is 2. The lowest BCUT2D eigenvalue weighted by Crippen LogP contribution is -2.59. The zero-order valence-corrected chi connectivity index (χ0v) is 28.2. The number of amides is 5. The molecule has 2 aromatic rings. The molecule has 0 unspecified atom stereocenters. The number of carbonyl (C=O) groups excluding carboxylic acids is 6. The highest BCUT2D eigenvalue weighted by molar-refractivity contribution is 6.39. The number of rotatable bonds is 13. The van der Waals surface area contributed by atoms with Crippen molar-refractivity contribution in [1.82, 2.24) is 30.8 Å². The average molecular weight is 693 g/mol. The normalized spacial score (nSPS) is 17.8. The average Bonchev–Trinajstić information content (AvgIpc) is 3.46. The molecule has 1 saturated heterocycles. The molecule has 0 aliphatic carbocycles. The molecule has 254 valence electrons. The number of nitrogens with zero attached hydrogens (tertiary/aromatic N) is 3. The minimum absolute atomic E-state index is 0.0148. The Labute approximate surface area is 282 Å². The lowest BCUT2D eigenvalue weighted by atomic mass is 9.98. The van der Waals surface area contributed by atoms with Crippen LogP contribution in [0.2, 0.25) is 10.0 Å². The summed E-state index contributed by atoms with van der Waals surface area (Å²) >= 11 is 12.3. The molecule has 0 spiro atoms. The van der Waals surface area contributed by atoms with Gasteiger partial charge in [0.05, 0.1) is 34.5 Å². The largest absolute Gasteiger partial charge is 0.444 e. The first-order valence-corrected chi connectivity index (χ1v) is 15.9. The first-order chi connectivity index (χ1) is 22.3. The molecule has 1 aliphatic heterocycles. The molecule has 3 rings (SSSR count). The highest BCUT2D eigenvalue weighted by atomic mass is 35.5. The van der Waals surface area contributed by atoms with Crippen molar-refractivity contribution in [3.63, 3.8) is 0 Å². The van der Waals surface area contributed by atoms with E-state index in [1.54, 1.807) is 40.7 Å². The van der Waals surface area contributed by atoms with Gasteiger partial charge in [-0.25, -0.2) is 9.78 Å². The van der Waals surface area contributed by atoms with Gasteiger partial charge in [-0.1, -0.05) is 63.9 Å². The van der Waals surface area contributed by atoms with Gasteiger partial charge in [-0.2, -0.15) is 0 Å². The summed E-state index contributed by atoms with van der Waals surface area (Å²) in [4.78, 5) is 87.0. The van der Waals surface area contributed by atoms with Gasteiger partial charge in [0.15, 0.2) is 0 Å². The number of aromatic nitrogens is 2. The van der Waals surface area contributed by atoms with E-state index < -0.39 is 65.9 Å². The zero-order chi connectivity index (χ0) is 34.8. The van der Waals surface area contributed by atoms with Crippen molar-refractivity contribution in [3.8, 4) is 0 Å². The topological polar surface area (TPSA) is 189 Å². The van der Waals surface area contributed by atoms with E-state index in [-0.39, 0.29) is 40.3 Å². The smallest absolute Gasteiger partial charge is 0.412 e. The van der Waals surface area contributed by atoms with Crippen LogP contribution in [-0.2, 0) is 23.9 Å². The highest BCUT2D eigenvalue weighted by Gasteiger charge is 2.45. The molecule has 16 heteroatoms. The maximum atomic E-state index is 14.1. The molecule has 14 nitrogen and oxygen atoms in total. The number of para-hydroxylation sites is 1. The molecule has 5 atom stereocenters. The van der Waals surface area contributed by atoms with Crippen molar-refractivity contribution in [1.29, 1.82) is 0 Å². The Kier molecular flexibility index (Phi) is 13.5. The summed E-state index contributed by atoms with van der Waals surface area (Å²) in [5.41, 5.74) is 0.146. The van der Waals surface area contributed by atoms with E-state index >= 15 is 0 Å². The van der Waals surface area contributed by atoms with Gasteiger partial charge in [0.1, 0.15) is 36.2 Å². The number of anilines is 1. The Morgan fingerprint density at radius 3 is 2.21 bits per heavy atom. The summed E-state index contributed by atoms with van der Waals surface area (Å²) < 4.78 is 5.56. The number of benzene rings is 1. The Morgan fingerprint density at radius 1 is 1.00 bits per heavy atom. The number of hydrogen-bond donors (Lipinski definition) is 4.